The molecule has 2 saturated heterocycles. The van der Waals surface area contributed by atoms with Crippen LogP contribution in [0.25, 0.3) is 22.0 Å². The summed E-state index contributed by atoms with van der Waals surface area (Å²) in [6.07, 6.45) is 3.67. The van der Waals surface area contributed by atoms with E-state index in [0.717, 1.165) is 18.1 Å². The maximum atomic E-state index is 13.7. The molecule has 2 aliphatic rings. The number of benzene rings is 2. The van der Waals surface area contributed by atoms with Crippen LogP contribution in [0.3, 0.4) is 0 Å². The number of methoxy groups -OCH3 is 1. The molecular formula is C27H29F3N4O7S. The summed E-state index contributed by atoms with van der Waals surface area (Å²) in [6, 6.07) is 7.84. The molecule has 0 aliphatic carbocycles. The van der Waals surface area contributed by atoms with Crippen molar-refractivity contribution in [2.24, 2.45) is 5.92 Å². The number of rotatable bonds is 7. The van der Waals surface area contributed by atoms with Gasteiger partial charge in [0.05, 0.1) is 25.0 Å². The lowest BCUT2D eigenvalue weighted by atomic mass is 9.90. The molecule has 15 heteroatoms. The number of ether oxygens (including phenoxy) is 2. The maximum absolute atomic E-state index is 13.7. The standard InChI is InChI=1S/C27H29F3N4O7S/c1-39-26(36)33-23(16-8-11-40-12-9-16)25(35)34-10-2-3-22(34)24-31-15-21(32-24)19-5-4-18-14-20(7-6-17(18)13-19)41-42(37,38)27(28,29)30/h4-7,13-16,22-23H,2-3,8-12H2,1H3,(H,31,32)(H,33,36). The second kappa shape index (κ2) is 11.8. The Bertz CT molecular complexity index is 1570. The lowest BCUT2D eigenvalue weighted by Gasteiger charge is -2.34. The van der Waals surface area contributed by atoms with Gasteiger partial charge in [0, 0.05) is 25.3 Å². The third kappa shape index (κ3) is 6.16. The van der Waals surface area contributed by atoms with Crippen LogP contribution in [0.15, 0.2) is 42.6 Å². The van der Waals surface area contributed by atoms with Crippen molar-refractivity contribution in [3.05, 3.63) is 48.4 Å². The van der Waals surface area contributed by atoms with Gasteiger partial charge in [-0.3, -0.25) is 4.79 Å². The molecule has 3 heterocycles. The van der Waals surface area contributed by atoms with Crippen LogP contribution in [0.4, 0.5) is 18.0 Å². The number of carbonyl (C=O) groups excluding carboxylic acids is 2. The fourth-order valence-corrected chi connectivity index (χ4v) is 5.83. The molecule has 11 nitrogen and oxygen atoms in total. The van der Waals surface area contributed by atoms with E-state index in [9.17, 15) is 31.2 Å². The molecule has 0 bridgehead atoms. The van der Waals surface area contributed by atoms with Gasteiger partial charge in [0.2, 0.25) is 5.91 Å². The van der Waals surface area contributed by atoms with E-state index in [2.05, 4.69) is 19.5 Å². The Morgan fingerprint density at radius 2 is 1.83 bits per heavy atom. The first-order valence-electron chi connectivity index (χ1n) is 13.3. The van der Waals surface area contributed by atoms with Gasteiger partial charge < -0.3 is 28.9 Å². The van der Waals surface area contributed by atoms with Crippen LogP contribution < -0.4 is 9.50 Å². The highest BCUT2D eigenvalue weighted by Crippen LogP contribution is 2.35. The van der Waals surface area contributed by atoms with Crippen LogP contribution in [0.2, 0.25) is 0 Å². The third-order valence-corrected chi connectivity index (χ3v) is 8.50. The van der Waals surface area contributed by atoms with E-state index in [-0.39, 0.29) is 17.9 Å². The summed E-state index contributed by atoms with van der Waals surface area (Å²) in [5.74, 6) is -0.163. The minimum atomic E-state index is -5.78. The van der Waals surface area contributed by atoms with Gasteiger partial charge in [-0.05, 0) is 60.6 Å². The molecule has 5 rings (SSSR count). The number of fused-ring (bicyclic) bond motifs is 1. The van der Waals surface area contributed by atoms with Crippen molar-refractivity contribution in [1.29, 1.82) is 0 Å². The van der Waals surface area contributed by atoms with E-state index in [1.54, 1.807) is 29.3 Å². The molecule has 226 valence electrons. The summed E-state index contributed by atoms with van der Waals surface area (Å²) < 4.78 is 75.1. The molecule has 2 aliphatic heterocycles. The predicted molar refractivity (Wildman–Crippen MR) is 144 cm³/mol. The first-order valence-corrected chi connectivity index (χ1v) is 14.7. The normalized spacial score (nSPS) is 19.0. The molecule has 2 N–H and O–H groups in total. The Labute approximate surface area is 239 Å². The zero-order chi connectivity index (χ0) is 30.1. The second-order valence-corrected chi connectivity index (χ2v) is 11.7. The van der Waals surface area contributed by atoms with Gasteiger partial charge in [0.25, 0.3) is 0 Å². The number of alkyl carbamates (subject to hydrolysis) is 1. The second-order valence-electron chi connectivity index (χ2n) is 10.1. The average molecular weight is 611 g/mol. The predicted octanol–water partition coefficient (Wildman–Crippen LogP) is 4.27. The first kappa shape index (κ1) is 29.6. The van der Waals surface area contributed by atoms with E-state index in [4.69, 9.17) is 9.47 Å². The molecule has 3 aromatic rings. The van der Waals surface area contributed by atoms with Crippen molar-refractivity contribution < 1.29 is 44.8 Å². The Morgan fingerprint density at radius 3 is 2.55 bits per heavy atom. The molecule has 2 amide bonds. The van der Waals surface area contributed by atoms with Gasteiger partial charge in [0.1, 0.15) is 17.6 Å². The summed E-state index contributed by atoms with van der Waals surface area (Å²) >= 11 is 0. The van der Waals surface area contributed by atoms with Crippen LogP contribution in [0.5, 0.6) is 5.75 Å². The Kier molecular flexibility index (Phi) is 8.32. The lowest BCUT2D eigenvalue weighted by Crippen LogP contribution is -2.53. The third-order valence-electron chi connectivity index (χ3n) is 7.52. The fourth-order valence-electron chi connectivity index (χ4n) is 5.38. The van der Waals surface area contributed by atoms with Gasteiger partial charge in [-0.25, -0.2) is 9.78 Å². The molecule has 42 heavy (non-hydrogen) atoms. The number of imidazole rings is 1. The van der Waals surface area contributed by atoms with E-state index in [1.807, 2.05) is 0 Å². The SMILES string of the molecule is COC(=O)NC(C(=O)N1CCCC1c1ncc(-c2ccc3cc(OS(=O)(=O)C(F)(F)F)ccc3c2)[nH]1)C1CCOCC1. The number of H-pyrrole nitrogens is 1. The quantitative estimate of drug-likeness (QED) is 0.299. The van der Waals surface area contributed by atoms with Crippen molar-refractivity contribution in [1.82, 2.24) is 20.2 Å². The first-order chi connectivity index (χ1) is 20.0. The number of hydrogen-bond donors (Lipinski definition) is 2. The van der Waals surface area contributed by atoms with Crippen molar-refractivity contribution in [3.8, 4) is 17.0 Å². The number of alkyl halides is 3. The molecule has 1 aromatic heterocycles. The summed E-state index contributed by atoms with van der Waals surface area (Å²) in [6.45, 7) is 1.52. The number of carbonyl (C=O) groups is 2. The highest BCUT2D eigenvalue weighted by atomic mass is 32.2. The van der Waals surface area contributed by atoms with Gasteiger partial charge in [0.15, 0.2) is 0 Å². The summed E-state index contributed by atoms with van der Waals surface area (Å²) in [5, 5.41) is 3.82. The van der Waals surface area contributed by atoms with Crippen LogP contribution in [0.1, 0.15) is 37.5 Å². The number of halogens is 3. The maximum Gasteiger partial charge on any atom is 0.534 e. The molecule has 0 saturated carbocycles. The molecule has 0 spiro atoms. The zero-order valence-electron chi connectivity index (χ0n) is 22.5. The van der Waals surface area contributed by atoms with Gasteiger partial charge in [-0.1, -0.05) is 18.2 Å². The summed E-state index contributed by atoms with van der Waals surface area (Å²) in [5.41, 5.74) is -4.16. The number of aromatic amines is 1. The highest BCUT2D eigenvalue weighted by Gasteiger charge is 2.48. The summed E-state index contributed by atoms with van der Waals surface area (Å²) in [4.78, 5) is 35.4. The van der Waals surface area contributed by atoms with Crippen LogP contribution in [0, 0.1) is 5.92 Å². The molecular weight excluding hydrogens is 581 g/mol. The zero-order valence-corrected chi connectivity index (χ0v) is 23.3. The van der Waals surface area contributed by atoms with E-state index in [0.29, 0.717) is 61.3 Å². The monoisotopic (exact) mass is 610 g/mol. The smallest absolute Gasteiger partial charge is 0.453 e. The van der Waals surface area contributed by atoms with Crippen molar-refractivity contribution >= 4 is 32.9 Å². The number of hydrogen-bond acceptors (Lipinski definition) is 8. The Balaban J connectivity index is 1.34. The van der Waals surface area contributed by atoms with Crippen molar-refractivity contribution in [3.63, 3.8) is 0 Å². The van der Waals surface area contributed by atoms with Crippen molar-refractivity contribution in [2.45, 2.75) is 43.3 Å². The Hall–Kier alpha value is -3.85. The minimum Gasteiger partial charge on any atom is -0.453 e. The fraction of sp³-hybridized carbons (Fsp3) is 0.444. The van der Waals surface area contributed by atoms with E-state index in [1.165, 1.54) is 19.2 Å². The topological polar surface area (TPSA) is 140 Å². The average Bonchev–Trinajstić information content (AvgIpc) is 3.65. The van der Waals surface area contributed by atoms with Gasteiger partial charge in [-0.15, -0.1) is 0 Å². The van der Waals surface area contributed by atoms with E-state index < -0.39 is 33.5 Å². The largest absolute Gasteiger partial charge is 0.534 e. The van der Waals surface area contributed by atoms with Gasteiger partial charge >= 0.3 is 21.7 Å². The number of nitrogens with one attached hydrogen (secondary N) is 2. The van der Waals surface area contributed by atoms with Crippen LogP contribution in [-0.2, 0) is 24.4 Å². The van der Waals surface area contributed by atoms with Crippen molar-refractivity contribution in [2.75, 3.05) is 26.9 Å². The minimum absolute atomic E-state index is 0.0872. The van der Waals surface area contributed by atoms with E-state index >= 15 is 0 Å². The Morgan fingerprint density at radius 1 is 1.12 bits per heavy atom. The lowest BCUT2D eigenvalue weighted by molar-refractivity contribution is -0.136. The molecule has 2 unspecified atom stereocenters. The van der Waals surface area contributed by atoms with Gasteiger partial charge in [-0.2, -0.15) is 21.6 Å². The number of amides is 2. The molecule has 0 radical (unpaired) electrons. The highest BCUT2D eigenvalue weighted by molar-refractivity contribution is 7.88. The van der Waals surface area contributed by atoms with Crippen LogP contribution >= 0.6 is 0 Å². The summed E-state index contributed by atoms with van der Waals surface area (Å²) in [7, 11) is -4.53. The number of likely N-dealkylation sites (tertiary alicyclic amines) is 1. The molecule has 2 aromatic carbocycles. The number of aromatic nitrogens is 2. The molecule has 2 fully saturated rings. The number of nitrogens with zero attached hydrogens (tertiary/aromatic N) is 2. The van der Waals surface area contributed by atoms with Crippen LogP contribution in [-0.4, -0.2) is 73.7 Å². The molecule has 2 atom stereocenters.